The molecule has 0 unspecified atom stereocenters. The summed E-state index contributed by atoms with van der Waals surface area (Å²) in [6.07, 6.45) is 4.24. The van der Waals surface area contributed by atoms with E-state index in [0.29, 0.717) is 23.1 Å². The largest absolute Gasteiger partial charge is 0.461 e. The molecule has 2 aromatic heterocycles. The van der Waals surface area contributed by atoms with Crippen molar-refractivity contribution in [3.8, 4) is 0 Å². The second-order valence-electron chi connectivity index (χ2n) is 7.60. The van der Waals surface area contributed by atoms with Crippen molar-refractivity contribution in [1.29, 1.82) is 0 Å². The van der Waals surface area contributed by atoms with Gasteiger partial charge in [-0.15, -0.1) is 0 Å². The van der Waals surface area contributed by atoms with Crippen LogP contribution in [0.4, 0.5) is 0 Å². The number of rotatable bonds is 6. The van der Waals surface area contributed by atoms with E-state index in [2.05, 4.69) is 9.97 Å². The van der Waals surface area contributed by atoms with Gasteiger partial charge in [0.15, 0.2) is 0 Å². The second-order valence-corrected chi connectivity index (χ2v) is 7.60. The van der Waals surface area contributed by atoms with Crippen molar-refractivity contribution in [2.75, 3.05) is 0 Å². The van der Waals surface area contributed by atoms with Crippen LogP contribution < -0.4 is 5.56 Å². The van der Waals surface area contributed by atoms with Gasteiger partial charge in [0.25, 0.3) is 5.56 Å². The van der Waals surface area contributed by atoms with Crippen molar-refractivity contribution in [2.45, 2.75) is 38.3 Å². The van der Waals surface area contributed by atoms with Crippen molar-refractivity contribution in [2.24, 2.45) is 0 Å². The van der Waals surface area contributed by atoms with E-state index in [9.17, 15) is 9.59 Å². The Morgan fingerprint density at radius 3 is 2.77 bits per heavy atom. The first-order valence-corrected chi connectivity index (χ1v) is 10.2. The Labute approximate surface area is 173 Å². The van der Waals surface area contributed by atoms with Crippen LogP contribution in [0.5, 0.6) is 0 Å². The van der Waals surface area contributed by atoms with Gasteiger partial charge in [0.2, 0.25) is 0 Å². The molecule has 0 radical (unpaired) electrons. The van der Waals surface area contributed by atoms with Gasteiger partial charge < -0.3 is 4.74 Å². The monoisotopic (exact) mass is 399 g/mol. The average Bonchev–Trinajstić information content (AvgIpc) is 3.61. The summed E-state index contributed by atoms with van der Waals surface area (Å²) in [6.45, 7) is 0.174. The van der Waals surface area contributed by atoms with Crippen LogP contribution in [0.2, 0.25) is 0 Å². The van der Waals surface area contributed by atoms with E-state index in [0.717, 1.165) is 29.3 Å². The first-order chi connectivity index (χ1) is 14.7. The van der Waals surface area contributed by atoms with Crippen LogP contribution in [-0.4, -0.2) is 20.5 Å². The molecule has 4 aromatic rings. The van der Waals surface area contributed by atoms with Crippen LogP contribution in [0.3, 0.4) is 0 Å². The molecule has 30 heavy (non-hydrogen) atoms. The van der Waals surface area contributed by atoms with Crippen molar-refractivity contribution < 1.29 is 9.53 Å². The SMILES string of the molecule is O=C(CCc1nc2ccccc2c(=O)n1C1CC1)OCc1cccc2cccnc12. The van der Waals surface area contributed by atoms with Crippen LogP contribution in [0.15, 0.2) is 65.6 Å². The second kappa shape index (κ2) is 7.71. The Hall–Kier alpha value is -3.54. The molecular weight excluding hydrogens is 378 g/mol. The minimum atomic E-state index is -0.312. The molecule has 1 aliphatic carbocycles. The average molecular weight is 399 g/mol. The number of aromatic nitrogens is 3. The summed E-state index contributed by atoms with van der Waals surface area (Å²) >= 11 is 0. The number of pyridine rings is 1. The smallest absolute Gasteiger partial charge is 0.306 e. The summed E-state index contributed by atoms with van der Waals surface area (Å²) in [5.74, 6) is 0.345. The highest BCUT2D eigenvalue weighted by atomic mass is 16.5. The number of aryl methyl sites for hydroxylation is 1. The summed E-state index contributed by atoms with van der Waals surface area (Å²) < 4.78 is 7.27. The van der Waals surface area contributed by atoms with E-state index in [-0.39, 0.29) is 30.6 Å². The van der Waals surface area contributed by atoms with Crippen molar-refractivity contribution >= 4 is 27.8 Å². The molecule has 6 heteroatoms. The molecule has 0 spiro atoms. The van der Waals surface area contributed by atoms with Crippen LogP contribution in [0.1, 0.15) is 36.7 Å². The summed E-state index contributed by atoms with van der Waals surface area (Å²) in [6, 6.07) is 17.2. The van der Waals surface area contributed by atoms with Gasteiger partial charge in [-0.1, -0.05) is 36.4 Å². The summed E-state index contributed by atoms with van der Waals surface area (Å²) in [4.78, 5) is 34.4. The number of benzene rings is 2. The number of carbonyl (C=O) groups excluding carboxylic acids is 1. The quantitative estimate of drug-likeness (QED) is 0.459. The Kier molecular flexibility index (Phi) is 4.75. The number of nitrogens with zero attached hydrogens (tertiary/aromatic N) is 3. The molecule has 0 aliphatic heterocycles. The van der Waals surface area contributed by atoms with E-state index in [1.165, 1.54) is 0 Å². The molecule has 0 N–H and O–H groups in total. The van der Waals surface area contributed by atoms with E-state index < -0.39 is 0 Å². The van der Waals surface area contributed by atoms with Crippen molar-refractivity contribution in [3.05, 3.63) is 82.5 Å². The Bertz CT molecular complexity index is 1300. The fourth-order valence-corrected chi connectivity index (χ4v) is 3.81. The van der Waals surface area contributed by atoms with E-state index >= 15 is 0 Å². The highest BCUT2D eigenvalue weighted by Crippen LogP contribution is 2.35. The summed E-state index contributed by atoms with van der Waals surface area (Å²) in [7, 11) is 0. The lowest BCUT2D eigenvalue weighted by atomic mass is 10.1. The number of hydrogen-bond donors (Lipinski definition) is 0. The van der Waals surface area contributed by atoms with Crippen LogP contribution in [-0.2, 0) is 22.6 Å². The number of ether oxygens (including phenoxy) is 1. The molecule has 0 bridgehead atoms. The fourth-order valence-electron chi connectivity index (χ4n) is 3.81. The van der Waals surface area contributed by atoms with Gasteiger partial charge in [-0.05, 0) is 31.0 Å². The van der Waals surface area contributed by atoms with Crippen LogP contribution in [0, 0.1) is 0 Å². The first-order valence-electron chi connectivity index (χ1n) is 10.2. The van der Waals surface area contributed by atoms with E-state index in [4.69, 9.17) is 4.74 Å². The third kappa shape index (κ3) is 3.56. The lowest BCUT2D eigenvalue weighted by molar-refractivity contribution is -0.144. The Morgan fingerprint density at radius 2 is 1.90 bits per heavy atom. The minimum Gasteiger partial charge on any atom is -0.461 e. The summed E-state index contributed by atoms with van der Waals surface area (Å²) in [5.41, 5.74) is 2.37. The highest BCUT2D eigenvalue weighted by molar-refractivity contribution is 5.81. The molecule has 0 saturated heterocycles. The number of fused-ring (bicyclic) bond motifs is 2. The van der Waals surface area contributed by atoms with E-state index in [1.807, 2.05) is 48.5 Å². The summed E-state index contributed by atoms with van der Waals surface area (Å²) in [5, 5.41) is 1.64. The fraction of sp³-hybridized carbons (Fsp3) is 0.250. The minimum absolute atomic E-state index is 0.0201. The van der Waals surface area contributed by atoms with Gasteiger partial charge in [0, 0.05) is 29.6 Å². The van der Waals surface area contributed by atoms with Crippen LogP contribution >= 0.6 is 0 Å². The van der Waals surface area contributed by atoms with Gasteiger partial charge in [-0.2, -0.15) is 0 Å². The molecule has 1 aliphatic rings. The molecule has 6 nitrogen and oxygen atoms in total. The molecule has 2 aromatic carbocycles. The van der Waals surface area contributed by atoms with Gasteiger partial charge in [0.05, 0.1) is 22.8 Å². The maximum atomic E-state index is 12.9. The molecule has 5 rings (SSSR count). The standard InChI is InChI=1S/C24H21N3O3/c28-22(30-15-17-6-3-5-16-7-4-14-25-23(16)17)13-12-21-26-20-9-2-1-8-19(20)24(29)27(21)18-10-11-18/h1-9,14,18H,10-13,15H2. The topological polar surface area (TPSA) is 74.1 Å². The predicted octanol–water partition coefficient (Wildman–Crippen LogP) is 3.96. The van der Waals surface area contributed by atoms with Gasteiger partial charge in [0.1, 0.15) is 12.4 Å². The molecule has 150 valence electrons. The maximum Gasteiger partial charge on any atom is 0.306 e. The number of para-hydroxylation sites is 2. The van der Waals surface area contributed by atoms with Crippen molar-refractivity contribution in [3.63, 3.8) is 0 Å². The van der Waals surface area contributed by atoms with E-state index in [1.54, 1.807) is 16.8 Å². The molecule has 2 heterocycles. The van der Waals surface area contributed by atoms with Gasteiger partial charge in [-0.3, -0.25) is 19.1 Å². The van der Waals surface area contributed by atoms with Gasteiger partial charge >= 0.3 is 5.97 Å². The zero-order valence-electron chi connectivity index (χ0n) is 16.5. The van der Waals surface area contributed by atoms with Gasteiger partial charge in [-0.25, -0.2) is 4.98 Å². The molecule has 0 amide bonds. The third-order valence-electron chi connectivity index (χ3n) is 5.45. The Balaban J connectivity index is 1.31. The number of carbonyl (C=O) groups is 1. The highest BCUT2D eigenvalue weighted by Gasteiger charge is 2.28. The lowest BCUT2D eigenvalue weighted by Crippen LogP contribution is -2.25. The Morgan fingerprint density at radius 1 is 1.07 bits per heavy atom. The third-order valence-corrected chi connectivity index (χ3v) is 5.45. The predicted molar refractivity (Wildman–Crippen MR) is 114 cm³/mol. The molecule has 1 fully saturated rings. The normalized spacial score (nSPS) is 13.6. The number of esters is 1. The first kappa shape index (κ1) is 18.5. The molecular formula is C24H21N3O3. The lowest BCUT2D eigenvalue weighted by Gasteiger charge is -2.13. The number of hydrogen-bond acceptors (Lipinski definition) is 5. The van der Waals surface area contributed by atoms with Crippen molar-refractivity contribution in [1.82, 2.24) is 14.5 Å². The van der Waals surface area contributed by atoms with Crippen LogP contribution in [0.25, 0.3) is 21.8 Å². The molecule has 0 atom stereocenters. The molecule has 1 saturated carbocycles. The zero-order chi connectivity index (χ0) is 20.5. The zero-order valence-corrected chi connectivity index (χ0v) is 16.5. The maximum absolute atomic E-state index is 12.9.